The molecule has 138 valence electrons. The third kappa shape index (κ3) is 2.97. The highest BCUT2D eigenvalue weighted by atomic mass is 35.5. The Labute approximate surface area is 150 Å². The lowest BCUT2D eigenvalue weighted by atomic mass is 10.1. The Hall–Kier alpha value is -2.39. The zero-order valence-electron chi connectivity index (χ0n) is 13.8. The summed E-state index contributed by atoms with van der Waals surface area (Å²) >= 11 is 5.67. The summed E-state index contributed by atoms with van der Waals surface area (Å²) in [5.41, 5.74) is -1.05. The summed E-state index contributed by atoms with van der Waals surface area (Å²) < 4.78 is 41.1. The van der Waals surface area contributed by atoms with Gasteiger partial charge in [0.25, 0.3) is 5.56 Å². The Morgan fingerprint density at radius 1 is 1.38 bits per heavy atom. The maximum Gasteiger partial charge on any atom is 0.434 e. The normalized spacial score (nSPS) is 13.3. The number of aliphatic hydroxyl groups excluding tert-OH is 1. The number of aryl methyl sites for hydroxylation is 2. The number of rotatable bonds is 3. The molecule has 1 unspecified atom stereocenters. The molecule has 0 aliphatic heterocycles. The van der Waals surface area contributed by atoms with Gasteiger partial charge in [0.1, 0.15) is 6.10 Å². The number of aliphatic hydroxyl groups is 1. The predicted octanol–water partition coefficient (Wildman–Crippen LogP) is 2.90. The van der Waals surface area contributed by atoms with Crippen LogP contribution in [-0.2, 0) is 19.8 Å². The second-order valence-corrected chi connectivity index (χ2v) is 6.08. The largest absolute Gasteiger partial charge is 0.434 e. The van der Waals surface area contributed by atoms with E-state index in [-0.39, 0.29) is 22.3 Å². The molecule has 0 aliphatic carbocycles. The van der Waals surface area contributed by atoms with Crippen LogP contribution in [0.5, 0.6) is 0 Å². The number of halogens is 4. The summed E-state index contributed by atoms with van der Waals surface area (Å²) in [7, 11) is 1.54. The van der Waals surface area contributed by atoms with E-state index in [1.807, 2.05) is 6.92 Å². The number of hydrogen-bond acceptors (Lipinski definition) is 4. The molecule has 0 aliphatic rings. The molecule has 6 nitrogen and oxygen atoms in total. The van der Waals surface area contributed by atoms with Gasteiger partial charge in [0.05, 0.1) is 10.7 Å². The molecule has 3 heterocycles. The van der Waals surface area contributed by atoms with Gasteiger partial charge >= 0.3 is 6.18 Å². The Bertz CT molecular complexity index is 1040. The topological polar surface area (TPSA) is 72.9 Å². The minimum Gasteiger partial charge on any atom is -0.382 e. The van der Waals surface area contributed by atoms with Gasteiger partial charge in [0, 0.05) is 36.9 Å². The molecule has 0 amide bonds. The molecule has 3 aromatic heterocycles. The first kappa shape index (κ1) is 18.4. The molecule has 1 N–H and O–H groups in total. The van der Waals surface area contributed by atoms with Crippen LogP contribution in [0.4, 0.5) is 13.2 Å². The molecular formula is C16H14ClF3N4O2. The summed E-state index contributed by atoms with van der Waals surface area (Å²) in [5, 5.41) is 14.6. The number of alkyl halides is 3. The van der Waals surface area contributed by atoms with Crippen LogP contribution in [0.1, 0.15) is 30.0 Å². The molecule has 3 rings (SSSR count). The lowest BCUT2D eigenvalue weighted by Gasteiger charge is -2.14. The average molecular weight is 387 g/mol. The molecule has 10 heteroatoms. The quantitative estimate of drug-likeness (QED) is 0.751. The first-order chi connectivity index (χ1) is 12.1. The maximum absolute atomic E-state index is 12.8. The fourth-order valence-electron chi connectivity index (χ4n) is 2.79. The van der Waals surface area contributed by atoms with Crippen LogP contribution in [0.15, 0.2) is 29.3 Å². The summed E-state index contributed by atoms with van der Waals surface area (Å²) in [6, 6.07) is 2.64. The lowest BCUT2D eigenvalue weighted by Crippen LogP contribution is -2.18. The van der Waals surface area contributed by atoms with E-state index >= 15 is 0 Å². The first-order valence-corrected chi connectivity index (χ1v) is 7.99. The highest BCUT2D eigenvalue weighted by Gasteiger charge is 2.35. The summed E-state index contributed by atoms with van der Waals surface area (Å²) in [6.07, 6.45) is -3.56. The average Bonchev–Trinajstić information content (AvgIpc) is 2.90. The van der Waals surface area contributed by atoms with Gasteiger partial charge in [-0.1, -0.05) is 11.6 Å². The maximum atomic E-state index is 12.8. The third-order valence-electron chi connectivity index (χ3n) is 4.06. The summed E-state index contributed by atoms with van der Waals surface area (Å²) in [5.74, 6) is 0. The number of fused-ring (bicyclic) bond motifs is 1. The molecule has 0 radical (unpaired) electrons. The number of nitrogens with zero attached hydrogens (tertiary/aromatic N) is 4. The minimum absolute atomic E-state index is 0.0626. The van der Waals surface area contributed by atoms with Crippen molar-refractivity contribution in [2.45, 2.75) is 25.7 Å². The fourth-order valence-corrected chi connectivity index (χ4v) is 3.07. The van der Waals surface area contributed by atoms with E-state index in [1.165, 1.54) is 16.3 Å². The summed E-state index contributed by atoms with van der Waals surface area (Å²) in [4.78, 5) is 15.7. The standard InChI is InChI=1S/C16H14ClF3N4O2/c1-3-24-5-4-9-11(15(24)26)22-23(2)12(9)13(25)8-6-10(17)14(21-7-8)16(18,19)20/h4-7,13,25H,3H2,1-2H3. The van der Waals surface area contributed by atoms with E-state index in [1.54, 1.807) is 12.3 Å². The minimum atomic E-state index is -4.69. The molecule has 0 aromatic carbocycles. The van der Waals surface area contributed by atoms with Crippen LogP contribution >= 0.6 is 11.6 Å². The molecule has 0 saturated heterocycles. The Morgan fingerprint density at radius 2 is 2.08 bits per heavy atom. The van der Waals surface area contributed by atoms with Crippen LogP contribution in [-0.4, -0.2) is 24.4 Å². The monoisotopic (exact) mass is 386 g/mol. The van der Waals surface area contributed by atoms with Crippen LogP contribution in [0.2, 0.25) is 5.02 Å². The van der Waals surface area contributed by atoms with Crippen molar-refractivity contribution in [3.63, 3.8) is 0 Å². The predicted molar refractivity (Wildman–Crippen MR) is 89.0 cm³/mol. The zero-order valence-corrected chi connectivity index (χ0v) is 14.5. The van der Waals surface area contributed by atoms with E-state index in [4.69, 9.17) is 11.6 Å². The van der Waals surface area contributed by atoms with Crippen LogP contribution in [0, 0.1) is 0 Å². The van der Waals surface area contributed by atoms with Gasteiger partial charge in [-0.15, -0.1) is 0 Å². The third-order valence-corrected chi connectivity index (χ3v) is 4.35. The molecule has 0 saturated carbocycles. The van der Waals surface area contributed by atoms with E-state index in [0.717, 1.165) is 12.3 Å². The number of aromatic nitrogens is 4. The zero-order chi connectivity index (χ0) is 19.2. The van der Waals surface area contributed by atoms with Gasteiger partial charge in [-0.05, 0) is 19.1 Å². The van der Waals surface area contributed by atoms with Crippen molar-refractivity contribution < 1.29 is 18.3 Å². The highest BCUT2D eigenvalue weighted by Crippen LogP contribution is 2.35. The Morgan fingerprint density at radius 3 is 2.65 bits per heavy atom. The van der Waals surface area contributed by atoms with Crippen LogP contribution < -0.4 is 5.56 Å². The SMILES string of the molecule is CCn1ccc2c(C(O)c3cnc(C(F)(F)F)c(Cl)c3)n(C)nc2c1=O. The van der Waals surface area contributed by atoms with Crippen molar-refractivity contribution in [2.24, 2.45) is 7.05 Å². The van der Waals surface area contributed by atoms with E-state index < -0.39 is 23.0 Å². The molecule has 3 aromatic rings. The molecule has 0 spiro atoms. The van der Waals surface area contributed by atoms with E-state index in [2.05, 4.69) is 10.1 Å². The number of pyridine rings is 2. The van der Waals surface area contributed by atoms with Crippen LogP contribution in [0.25, 0.3) is 10.9 Å². The first-order valence-electron chi connectivity index (χ1n) is 7.62. The van der Waals surface area contributed by atoms with Crippen LogP contribution in [0.3, 0.4) is 0 Å². The van der Waals surface area contributed by atoms with Gasteiger partial charge in [-0.25, -0.2) is 4.98 Å². The smallest absolute Gasteiger partial charge is 0.382 e. The Kier molecular flexibility index (Phi) is 4.53. The van der Waals surface area contributed by atoms with Crippen molar-refractivity contribution in [1.82, 2.24) is 19.3 Å². The van der Waals surface area contributed by atoms with Crippen molar-refractivity contribution >= 4 is 22.5 Å². The molecule has 1 atom stereocenters. The second-order valence-electron chi connectivity index (χ2n) is 5.68. The number of hydrogen-bond donors (Lipinski definition) is 1. The van der Waals surface area contributed by atoms with E-state index in [9.17, 15) is 23.1 Å². The second kappa shape index (κ2) is 6.40. The molecule has 0 bridgehead atoms. The van der Waals surface area contributed by atoms with Gasteiger partial charge < -0.3 is 9.67 Å². The molecular weight excluding hydrogens is 373 g/mol. The fraction of sp³-hybridized carbons (Fsp3) is 0.312. The van der Waals surface area contributed by atoms with Gasteiger partial charge in [-0.3, -0.25) is 9.48 Å². The van der Waals surface area contributed by atoms with Crippen molar-refractivity contribution in [1.29, 1.82) is 0 Å². The van der Waals surface area contributed by atoms with Gasteiger partial charge in [-0.2, -0.15) is 18.3 Å². The van der Waals surface area contributed by atoms with Crippen molar-refractivity contribution in [2.75, 3.05) is 0 Å². The Balaban J connectivity index is 2.13. The van der Waals surface area contributed by atoms with Crippen molar-refractivity contribution in [3.05, 3.63) is 56.9 Å². The summed E-state index contributed by atoms with van der Waals surface area (Å²) in [6.45, 7) is 2.27. The van der Waals surface area contributed by atoms with Crippen molar-refractivity contribution in [3.8, 4) is 0 Å². The molecule has 26 heavy (non-hydrogen) atoms. The van der Waals surface area contributed by atoms with E-state index in [0.29, 0.717) is 11.9 Å². The van der Waals surface area contributed by atoms with Gasteiger partial charge in [0.2, 0.25) is 0 Å². The highest BCUT2D eigenvalue weighted by molar-refractivity contribution is 6.31. The molecule has 0 fully saturated rings. The lowest BCUT2D eigenvalue weighted by molar-refractivity contribution is -0.141. The van der Waals surface area contributed by atoms with Gasteiger partial charge in [0.15, 0.2) is 11.2 Å².